The Morgan fingerprint density at radius 3 is 2.53 bits per heavy atom. The molecule has 30 heavy (non-hydrogen) atoms. The van der Waals surface area contributed by atoms with Gasteiger partial charge in [0.2, 0.25) is 0 Å². The van der Waals surface area contributed by atoms with Crippen molar-refractivity contribution in [2.24, 2.45) is 0 Å². The van der Waals surface area contributed by atoms with Crippen molar-refractivity contribution >= 4 is 5.91 Å². The predicted octanol–water partition coefficient (Wildman–Crippen LogP) is 3.72. The second-order valence-corrected chi connectivity index (χ2v) is 8.04. The van der Waals surface area contributed by atoms with E-state index in [-0.39, 0.29) is 23.8 Å². The summed E-state index contributed by atoms with van der Waals surface area (Å²) in [6.07, 6.45) is 2.00. The Morgan fingerprint density at radius 2 is 1.77 bits per heavy atom. The molecule has 0 saturated carbocycles. The number of likely N-dealkylation sites (tertiary alicyclic amines) is 1. The van der Waals surface area contributed by atoms with Gasteiger partial charge < -0.3 is 14.2 Å². The van der Waals surface area contributed by atoms with Gasteiger partial charge in [-0.1, -0.05) is 24.3 Å². The number of amides is 1. The summed E-state index contributed by atoms with van der Waals surface area (Å²) < 4.78 is 21.0. The van der Waals surface area contributed by atoms with Crippen molar-refractivity contribution in [1.29, 1.82) is 0 Å². The summed E-state index contributed by atoms with van der Waals surface area (Å²) in [7, 11) is 1.65. The molecule has 3 heterocycles. The Bertz CT molecular complexity index is 1060. The average molecular weight is 405 g/mol. The normalized spacial score (nSPS) is 20.9. The quantitative estimate of drug-likeness (QED) is 0.649. The number of nitrogens with zero attached hydrogens (tertiary/aromatic N) is 3. The average Bonchev–Trinajstić information content (AvgIpc) is 3.39. The molecule has 0 aliphatic carbocycles. The van der Waals surface area contributed by atoms with Crippen molar-refractivity contribution < 1.29 is 13.9 Å². The largest absolute Gasteiger partial charge is 0.497 e. The second-order valence-electron chi connectivity index (χ2n) is 8.04. The molecule has 0 bridgehead atoms. The van der Waals surface area contributed by atoms with Gasteiger partial charge in [0.15, 0.2) is 0 Å². The van der Waals surface area contributed by atoms with Crippen molar-refractivity contribution in [2.75, 3.05) is 20.2 Å². The highest BCUT2D eigenvalue weighted by Gasteiger charge is 2.44. The third kappa shape index (κ3) is 3.37. The van der Waals surface area contributed by atoms with Gasteiger partial charge in [-0.2, -0.15) is 0 Å². The van der Waals surface area contributed by atoms with E-state index in [1.165, 1.54) is 6.07 Å². The third-order valence-corrected chi connectivity index (χ3v) is 6.16. The predicted molar refractivity (Wildman–Crippen MR) is 112 cm³/mol. The summed E-state index contributed by atoms with van der Waals surface area (Å²) in [4.78, 5) is 17.6. The fourth-order valence-electron chi connectivity index (χ4n) is 4.73. The summed E-state index contributed by atoms with van der Waals surface area (Å²) >= 11 is 0. The van der Waals surface area contributed by atoms with Crippen molar-refractivity contribution in [3.63, 3.8) is 0 Å². The van der Waals surface area contributed by atoms with Crippen LogP contribution in [0.15, 0.2) is 66.9 Å². The lowest BCUT2D eigenvalue weighted by Gasteiger charge is -2.38. The van der Waals surface area contributed by atoms with Crippen LogP contribution in [0, 0.1) is 5.82 Å². The highest BCUT2D eigenvalue weighted by atomic mass is 19.1. The van der Waals surface area contributed by atoms with Crippen LogP contribution in [-0.2, 0) is 13.1 Å². The Kier molecular flexibility index (Phi) is 4.79. The Hall–Kier alpha value is -3.12. The van der Waals surface area contributed by atoms with Crippen LogP contribution in [0.25, 0.3) is 0 Å². The molecule has 3 aromatic rings. The highest BCUT2D eigenvalue weighted by molar-refractivity contribution is 5.94. The second kappa shape index (κ2) is 7.61. The summed E-state index contributed by atoms with van der Waals surface area (Å²) in [5.74, 6) is 0.649. The van der Waals surface area contributed by atoms with Gasteiger partial charge in [-0.15, -0.1) is 0 Å². The van der Waals surface area contributed by atoms with E-state index in [2.05, 4.69) is 9.47 Å². The van der Waals surface area contributed by atoms with Crippen LogP contribution in [0.3, 0.4) is 0 Å². The van der Waals surface area contributed by atoms with Gasteiger partial charge in [0.05, 0.1) is 19.2 Å². The number of ether oxygens (including phenoxy) is 1. The zero-order valence-electron chi connectivity index (χ0n) is 16.9. The summed E-state index contributed by atoms with van der Waals surface area (Å²) in [5, 5.41) is 0. The van der Waals surface area contributed by atoms with E-state index in [1.54, 1.807) is 19.2 Å². The smallest absolute Gasteiger partial charge is 0.271 e. The van der Waals surface area contributed by atoms with Gasteiger partial charge in [0.25, 0.3) is 5.91 Å². The van der Waals surface area contributed by atoms with Crippen LogP contribution in [0.5, 0.6) is 5.75 Å². The molecule has 5 nitrogen and oxygen atoms in total. The molecule has 2 aliphatic rings. The van der Waals surface area contributed by atoms with Crippen LogP contribution < -0.4 is 4.74 Å². The zero-order chi connectivity index (χ0) is 20.7. The van der Waals surface area contributed by atoms with E-state index in [0.29, 0.717) is 13.1 Å². The van der Waals surface area contributed by atoms with E-state index in [4.69, 9.17) is 4.74 Å². The first-order valence-corrected chi connectivity index (χ1v) is 10.2. The monoisotopic (exact) mass is 405 g/mol. The number of benzene rings is 2. The van der Waals surface area contributed by atoms with E-state index >= 15 is 0 Å². The van der Waals surface area contributed by atoms with Gasteiger partial charge >= 0.3 is 0 Å². The lowest BCUT2D eigenvalue weighted by Crippen LogP contribution is -2.49. The lowest BCUT2D eigenvalue weighted by molar-refractivity contribution is 0.0556. The fourth-order valence-corrected chi connectivity index (χ4v) is 4.73. The molecule has 6 heteroatoms. The van der Waals surface area contributed by atoms with Gasteiger partial charge in [-0.25, -0.2) is 4.39 Å². The molecule has 1 saturated heterocycles. The van der Waals surface area contributed by atoms with Crippen molar-refractivity contribution in [3.05, 3.63) is 89.5 Å². The number of methoxy groups -OCH3 is 1. The van der Waals surface area contributed by atoms with Crippen LogP contribution in [-0.4, -0.2) is 46.5 Å². The fraction of sp³-hybridized carbons (Fsp3) is 0.292. The maximum Gasteiger partial charge on any atom is 0.271 e. The Morgan fingerprint density at radius 1 is 0.967 bits per heavy atom. The topological polar surface area (TPSA) is 37.7 Å². The zero-order valence-corrected chi connectivity index (χ0v) is 16.9. The molecule has 0 radical (unpaired) electrons. The number of aromatic nitrogens is 1. The first-order valence-electron chi connectivity index (χ1n) is 10.2. The van der Waals surface area contributed by atoms with E-state index in [0.717, 1.165) is 35.7 Å². The molecular formula is C24H24FN3O2. The number of hydrogen-bond acceptors (Lipinski definition) is 3. The Labute approximate surface area is 175 Å². The van der Waals surface area contributed by atoms with E-state index in [9.17, 15) is 9.18 Å². The minimum Gasteiger partial charge on any atom is -0.497 e. The first kappa shape index (κ1) is 18.9. The van der Waals surface area contributed by atoms with Gasteiger partial charge in [-0.3, -0.25) is 9.69 Å². The van der Waals surface area contributed by atoms with Crippen LogP contribution in [0.2, 0.25) is 0 Å². The minimum atomic E-state index is -0.215. The highest BCUT2D eigenvalue weighted by Crippen LogP contribution is 2.35. The molecule has 154 valence electrons. The molecular weight excluding hydrogens is 381 g/mol. The van der Waals surface area contributed by atoms with Crippen LogP contribution in [0.1, 0.15) is 27.7 Å². The third-order valence-electron chi connectivity index (χ3n) is 6.16. The Balaban J connectivity index is 1.41. The number of fused-ring (bicyclic) bond motifs is 3. The standard InChI is InChI=1S/C24H24FN3O2/c1-30-20-9-7-17(8-10-20)14-28-23-16-26(13-18-4-2-5-19(25)12-18)15-22(23)27-11-3-6-21(27)24(28)29/h2-12,22-23H,13-16H2,1H3/t22-,23-/m1/s1. The van der Waals surface area contributed by atoms with Crippen LogP contribution >= 0.6 is 0 Å². The van der Waals surface area contributed by atoms with E-state index < -0.39 is 0 Å². The van der Waals surface area contributed by atoms with Gasteiger partial charge in [-0.05, 0) is 47.5 Å². The van der Waals surface area contributed by atoms with Gasteiger partial charge in [0.1, 0.15) is 17.3 Å². The lowest BCUT2D eigenvalue weighted by atomic mass is 10.0. The minimum absolute atomic E-state index is 0.0599. The molecule has 0 unspecified atom stereocenters. The SMILES string of the molecule is COc1ccc(CN2C(=O)c3cccn3[C@@H]3CN(Cc4cccc(F)c4)C[C@H]32)cc1. The molecule has 2 aromatic carbocycles. The maximum atomic E-state index is 13.6. The number of carbonyl (C=O) groups excluding carboxylic acids is 1. The summed E-state index contributed by atoms with van der Waals surface area (Å²) in [6, 6.07) is 18.7. The molecule has 5 rings (SSSR count). The maximum absolute atomic E-state index is 13.6. The molecule has 1 fully saturated rings. The molecule has 1 amide bonds. The molecule has 0 N–H and O–H groups in total. The van der Waals surface area contributed by atoms with Crippen molar-refractivity contribution in [3.8, 4) is 5.75 Å². The molecule has 2 aliphatic heterocycles. The van der Waals surface area contributed by atoms with Crippen molar-refractivity contribution in [2.45, 2.75) is 25.2 Å². The van der Waals surface area contributed by atoms with Gasteiger partial charge in [0, 0.05) is 32.4 Å². The number of hydrogen-bond donors (Lipinski definition) is 0. The van der Waals surface area contributed by atoms with Crippen molar-refractivity contribution in [1.82, 2.24) is 14.4 Å². The first-order chi connectivity index (χ1) is 14.6. The summed E-state index contributed by atoms with van der Waals surface area (Å²) in [6.45, 7) is 2.82. The number of rotatable bonds is 5. The number of carbonyl (C=O) groups is 1. The molecule has 2 atom stereocenters. The van der Waals surface area contributed by atoms with Crippen LogP contribution in [0.4, 0.5) is 4.39 Å². The molecule has 1 aromatic heterocycles. The summed E-state index contributed by atoms with van der Waals surface area (Å²) in [5.41, 5.74) is 2.76. The van der Waals surface area contributed by atoms with E-state index in [1.807, 2.05) is 53.6 Å². The molecule has 0 spiro atoms. The number of halogens is 1.